The minimum Gasteiger partial charge on any atom is -0.351 e. The van der Waals surface area contributed by atoms with E-state index in [4.69, 9.17) is 0 Å². The first-order valence-corrected chi connectivity index (χ1v) is 9.50. The summed E-state index contributed by atoms with van der Waals surface area (Å²) in [6.45, 7) is 5.26. The molecule has 7 nitrogen and oxygen atoms in total. The number of aromatic amines is 1. The molecule has 0 atom stereocenters. The molecule has 2 N–H and O–H groups in total. The van der Waals surface area contributed by atoms with E-state index in [0.29, 0.717) is 17.6 Å². The smallest absolute Gasteiger partial charge is 0.267 e. The van der Waals surface area contributed by atoms with Crippen molar-refractivity contribution in [2.45, 2.75) is 6.42 Å². The molecule has 28 heavy (non-hydrogen) atoms. The molecule has 0 radical (unpaired) electrons. The zero-order valence-electron chi connectivity index (χ0n) is 15.6. The average Bonchev–Trinajstić information content (AvgIpc) is 3.15. The molecule has 0 unspecified atom stereocenters. The van der Waals surface area contributed by atoms with Crippen LogP contribution >= 0.6 is 0 Å². The first-order chi connectivity index (χ1) is 13.7. The van der Waals surface area contributed by atoms with Gasteiger partial charge in [0, 0.05) is 56.0 Å². The van der Waals surface area contributed by atoms with Gasteiger partial charge in [0.15, 0.2) is 0 Å². The Morgan fingerprint density at radius 2 is 1.93 bits per heavy atom. The lowest BCUT2D eigenvalue weighted by atomic mass is 10.2. The van der Waals surface area contributed by atoms with Gasteiger partial charge in [-0.2, -0.15) is 0 Å². The number of halogens is 1. The summed E-state index contributed by atoms with van der Waals surface area (Å²) in [5, 5.41) is 3.63. The number of nitrogens with one attached hydrogen (secondary N) is 2. The number of nitrogens with zero attached hydrogens (tertiary/aromatic N) is 4. The van der Waals surface area contributed by atoms with Gasteiger partial charge < -0.3 is 15.2 Å². The van der Waals surface area contributed by atoms with Crippen molar-refractivity contribution >= 4 is 22.8 Å². The van der Waals surface area contributed by atoms with E-state index >= 15 is 0 Å². The zero-order valence-corrected chi connectivity index (χ0v) is 15.6. The van der Waals surface area contributed by atoms with Crippen LogP contribution in [0.1, 0.15) is 16.9 Å². The molecule has 4 rings (SSSR count). The van der Waals surface area contributed by atoms with Crippen molar-refractivity contribution in [1.29, 1.82) is 0 Å². The van der Waals surface area contributed by atoms with Crippen molar-refractivity contribution in [2.75, 3.05) is 44.2 Å². The van der Waals surface area contributed by atoms with Gasteiger partial charge in [-0.3, -0.25) is 9.69 Å². The molecule has 3 aromatic rings. The number of rotatable bonds is 6. The number of carbonyl (C=O) groups excluding carboxylic acids is 1. The molecule has 3 heterocycles. The molecule has 0 saturated carbocycles. The van der Waals surface area contributed by atoms with Crippen LogP contribution in [-0.4, -0.2) is 65.0 Å². The maximum absolute atomic E-state index is 13.3. The van der Waals surface area contributed by atoms with Gasteiger partial charge in [-0.1, -0.05) is 0 Å². The third-order valence-corrected chi connectivity index (χ3v) is 4.97. The van der Waals surface area contributed by atoms with Crippen LogP contribution in [0, 0.1) is 5.82 Å². The molecule has 1 aromatic carbocycles. The number of H-pyrrole nitrogens is 1. The summed E-state index contributed by atoms with van der Waals surface area (Å²) in [7, 11) is 0. The Kier molecular flexibility index (Phi) is 5.48. The maximum Gasteiger partial charge on any atom is 0.267 e. The molecule has 0 spiro atoms. The standard InChI is InChI=1S/C20H23FN6O/c21-16-3-4-17-15(13-16)14-18(25-17)19(28)22-7-2-8-26-9-11-27(12-10-26)20-23-5-1-6-24-20/h1,3-6,13-14,25H,2,7-12H2,(H,22,28). The zero-order chi connectivity index (χ0) is 19.3. The van der Waals surface area contributed by atoms with Gasteiger partial charge in [0.25, 0.3) is 5.91 Å². The van der Waals surface area contributed by atoms with Gasteiger partial charge in [0.05, 0.1) is 0 Å². The van der Waals surface area contributed by atoms with E-state index in [1.807, 2.05) is 6.07 Å². The highest BCUT2D eigenvalue weighted by Gasteiger charge is 2.18. The molecular weight excluding hydrogens is 359 g/mol. The van der Waals surface area contributed by atoms with Crippen molar-refractivity contribution in [3.63, 3.8) is 0 Å². The van der Waals surface area contributed by atoms with E-state index in [1.165, 1.54) is 12.1 Å². The van der Waals surface area contributed by atoms with Gasteiger partial charge in [-0.15, -0.1) is 0 Å². The van der Waals surface area contributed by atoms with Crippen LogP contribution in [0.4, 0.5) is 10.3 Å². The van der Waals surface area contributed by atoms with Gasteiger partial charge >= 0.3 is 0 Å². The fourth-order valence-electron chi connectivity index (χ4n) is 3.45. The predicted octanol–water partition coefficient (Wildman–Crippen LogP) is 2.04. The summed E-state index contributed by atoms with van der Waals surface area (Å²) in [6, 6.07) is 7.94. The fraction of sp³-hybridized carbons (Fsp3) is 0.350. The third kappa shape index (κ3) is 4.28. The molecule has 1 aliphatic rings. The first kappa shape index (κ1) is 18.4. The lowest BCUT2D eigenvalue weighted by molar-refractivity contribution is 0.0947. The van der Waals surface area contributed by atoms with Gasteiger partial charge in [-0.05, 0) is 43.3 Å². The van der Waals surface area contributed by atoms with Crippen LogP contribution in [0.2, 0.25) is 0 Å². The number of fused-ring (bicyclic) bond motifs is 1. The largest absolute Gasteiger partial charge is 0.351 e. The molecule has 2 aromatic heterocycles. The molecule has 1 saturated heterocycles. The van der Waals surface area contributed by atoms with Crippen LogP contribution in [0.5, 0.6) is 0 Å². The molecule has 146 valence electrons. The number of anilines is 1. The number of aromatic nitrogens is 3. The minimum atomic E-state index is -0.308. The number of benzene rings is 1. The summed E-state index contributed by atoms with van der Waals surface area (Å²) in [6.07, 6.45) is 4.41. The summed E-state index contributed by atoms with van der Waals surface area (Å²) in [5.74, 6) is 0.313. The number of carbonyl (C=O) groups is 1. The number of amides is 1. The highest BCUT2D eigenvalue weighted by Crippen LogP contribution is 2.16. The lowest BCUT2D eigenvalue weighted by Gasteiger charge is -2.34. The molecule has 8 heteroatoms. The summed E-state index contributed by atoms with van der Waals surface area (Å²) in [5.41, 5.74) is 1.21. The molecular formula is C20H23FN6O. The van der Waals surface area contributed by atoms with Gasteiger partial charge in [0.1, 0.15) is 11.5 Å². The Hall–Kier alpha value is -3.00. The molecule has 0 aliphatic carbocycles. The van der Waals surface area contributed by atoms with Crippen molar-refractivity contribution in [1.82, 2.24) is 25.2 Å². The van der Waals surface area contributed by atoms with E-state index in [-0.39, 0.29) is 11.7 Å². The topological polar surface area (TPSA) is 77.2 Å². The normalized spacial score (nSPS) is 15.1. The predicted molar refractivity (Wildman–Crippen MR) is 106 cm³/mol. The van der Waals surface area contributed by atoms with Crippen molar-refractivity contribution in [3.05, 3.63) is 54.2 Å². The maximum atomic E-state index is 13.3. The fourth-order valence-corrected chi connectivity index (χ4v) is 3.45. The molecule has 0 bridgehead atoms. The van der Waals surface area contributed by atoms with E-state index in [2.05, 4.69) is 30.1 Å². The second-order valence-electron chi connectivity index (χ2n) is 6.90. The second kappa shape index (κ2) is 8.35. The van der Waals surface area contributed by atoms with Crippen LogP contribution in [0.3, 0.4) is 0 Å². The lowest BCUT2D eigenvalue weighted by Crippen LogP contribution is -2.47. The van der Waals surface area contributed by atoms with Crippen molar-refractivity contribution in [2.24, 2.45) is 0 Å². The first-order valence-electron chi connectivity index (χ1n) is 9.50. The van der Waals surface area contributed by atoms with Crippen LogP contribution in [-0.2, 0) is 0 Å². The summed E-state index contributed by atoms with van der Waals surface area (Å²) < 4.78 is 13.3. The Morgan fingerprint density at radius 1 is 1.14 bits per heavy atom. The highest BCUT2D eigenvalue weighted by molar-refractivity contribution is 5.97. The average molecular weight is 382 g/mol. The van der Waals surface area contributed by atoms with Crippen LogP contribution < -0.4 is 10.2 Å². The van der Waals surface area contributed by atoms with Crippen molar-refractivity contribution < 1.29 is 9.18 Å². The Balaban J connectivity index is 1.19. The Bertz CT molecular complexity index is 936. The Morgan fingerprint density at radius 3 is 2.71 bits per heavy atom. The van der Waals surface area contributed by atoms with E-state index in [9.17, 15) is 9.18 Å². The van der Waals surface area contributed by atoms with E-state index in [1.54, 1.807) is 24.5 Å². The monoisotopic (exact) mass is 382 g/mol. The van der Waals surface area contributed by atoms with Crippen molar-refractivity contribution in [3.8, 4) is 0 Å². The summed E-state index contributed by atoms with van der Waals surface area (Å²) >= 11 is 0. The molecule has 1 fully saturated rings. The number of hydrogen-bond acceptors (Lipinski definition) is 5. The quantitative estimate of drug-likeness (QED) is 0.638. The van der Waals surface area contributed by atoms with E-state index < -0.39 is 0 Å². The third-order valence-electron chi connectivity index (χ3n) is 4.97. The minimum absolute atomic E-state index is 0.164. The van der Waals surface area contributed by atoms with Gasteiger partial charge in [-0.25, -0.2) is 14.4 Å². The summed E-state index contributed by atoms with van der Waals surface area (Å²) in [4.78, 5) is 28.5. The molecule has 1 aliphatic heterocycles. The highest BCUT2D eigenvalue weighted by atomic mass is 19.1. The Labute approximate surface area is 162 Å². The number of piperazine rings is 1. The van der Waals surface area contributed by atoms with Crippen LogP contribution in [0.15, 0.2) is 42.7 Å². The SMILES string of the molecule is O=C(NCCCN1CCN(c2ncccn2)CC1)c1cc2cc(F)ccc2[nH]1. The second-order valence-corrected chi connectivity index (χ2v) is 6.90. The van der Waals surface area contributed by atoms with Gasteiger partial charge in [0.2, 0.25) is 5.95 Å². The van der Waals surface area contributed by atoms with Crippen LogP contribution in [0.25, 0.3) is 10.9 Å². The van der Waals surface area contributed by atoms with E-state index in [0.717, 1.165) is 50.6 Å². The number of hydrogen-bond donors (Lipinski definition) is 2. The molecule has 1 amide bonds.